The van der Waals surface area contributed by atoms with E-state index in [0.717, 1.165) is 17.7 Å². The molecule has 2 aliphatic heterocycles. The summed E-state index contributed by atoms with van der Waals surface area (Å²) in [4.78, 5) is 25.4. The largest absolute Gasteiger partial charge is 0.493 e. The molecule has 1 fully saturated rings. The molecule has 0 spiro atoms. The zero-order valence-electron chi connectivity index (χ0n) is 11.1. The molecule has 2 atom stereocenters. The van der Waals surface area contributed by atoms with Crippen molar-refractivity contribution in [3.05, 3.63) is 29.8 Å². The summed E-state index contributed by atoms with van der Waals surface area (Å²) >= 11 is 0. The second kappa shape index (κ2) is 5.15. The van der Waals surface area contributed by atoms with E-state index in [9.17, 15) is 14.7 Å². The highest BCUT2D eigenvalue weighted by Crippen LogP contribution is 2.36. The average molecular weight is 275 g/mol. The van der Waals surface area contributed by atoms with Gasteiger partial charge in [0, 0.05) is 12.1 Å². The SMILES string of the molecule is O=C(O)C1CCCN1C(=O)C1CCOc2ccccc21. The number of hydrogen-bond donors (Lipinski definition) is 1. The maximum atomic E-state index is 12.7. The van der Waals surface area contributed by atoms with Crippen LogP contribution in [0.3, 0.4) is 0 Å². The van der Waals surface area contributed by atoms with E-state index in [-0.39, 0.29) is 11.8 Å². The molecule has 1 aromatic rings. The Balaban J connectivity index is 1.87. The predicted octanol–water partition coefficient (Wildman–Crippen LogP) is 1.63. The topological polar surface area (TPSA) is 66.8 Å². The van der Waals surface area contributed by atoms with Crippen LogP contribution in [0.5, 0.6) is 5.75 Å². The number of likely N-dealkylation sites (tertiary alicyclic amines) is 1. The van der Waals surface area contributed by atoms with Crippen LogP contribution in [0.1, 0.15) is 30.7 Å². The maximum Gasteiger partial charge on any atom is 0.326 e. The molecule has 2 unspecified atom stereocenters. The third kappa shape index (κ3) is 2.13. The summed E-state index contributed by atoms with van der Waals surface area (Å²) in [6.07, 6.45) is 1.91. The zero-order valence-corrected chi connectivity index (χ0v) is 11.1. The molecule has 106 valence electrons. The van der Waals surface area contributed by atoms with Crippen molar-refractivity contribution in [3.63, 3.8) is 0 Å². The van der Waals surface area contributed by atoms with Crippen molar-refractivity contribution in [2.75, 3.05) is 13.2 Å². The van der Waals surface area contributed by atoms with Crippen molar-refractivity contribution >= 4 is 11.9 Å². The summed E-state index contributed by atoms with van der Waals surface area (Å²) in [6, 6.07) is 6.84. The number of carboxylic acid groups (broad SMARTS) is 1. The molecular formula is C15H17NO4. The number of carboxylic acids is 1. The normalized spacial score (nSPS) is 24.9. The number of nitrogens with zero attached hydrogens (tertiary/aromatic N) is 1. The first-order valence-electron chi connectivity index (χ1n) is 6.93. The van der Waals surface area contributed by atoms with E-state index in [0.29, 0.717) is 26.0 Å². The van der Waals surface area contributed by atoms with Crippen LogP contribution in [-0.4, -0.2) is 41.1 Å². The fraction of sp³-hybridized carbons (Fsp3) is 0.467. The van der Waals surface area contributed by atoms with Crippen LogP contribution in [-0.2, 0) is 9.59 Å². The number of amides is 1. The molecule has 2 aliphatic rings. The van der Waals surface area contributed by atoms with Crippen molar-refractivity contribution in [3.8, 4) is 5.75 Å². The third-order valence-electron chi connectivity index (χ3n) is 4.08. The van der Waals surface area contributed by atoms with Gasteiger partial charge in [-0.1, -0.05) is 18.2 Å². The highest BCUT2D eigenvalue weighted by Gasteiger charge is 2.39. The predicted molar refractivity (Wildman–Crippen MR) is 71.7 cm³/mol. The number of ether oxygens (including phenoxy) is 1. The number of fused-ring (bicyclic) bond motifs is 1. The van der Waals surface area contributed by atoms with Crippen molar-refractivity contribution in [1.82, 2.24) is 4.90 Å². The summed E-state index contributed by atoms with van der Waals surface area (Å²) in [5, 5.41) is 9.21. The van der Waals surface area contributed by atoms with E-state index >= 15 is 0 Å². The van der Waals surface area contributed by atoms with Gasteiger partial charge < -0.3 is 14.7 Å². The number of aliphatic carboxylic acids is 1. The van der Waals surface area contributed by atoms with Crippen molar-refractivity contribution in [2.24, 2.45) is 0 Å². The molecule has 20 heavy (non-hydrogen) atoms. The van der Waals surface area contributed by atoms with E-state index in [1.54, 1.807) is 0 Å². The smallest absolute Gasteiger partial charge is 0.326 e. The molecule has 0 bridgehead atoms. The van der Waals surface area contributed by atoms with Crippen LogP contribution in [0.2, 0.25) is 0 Å². The lowest BCUT2D eigenvalue weighted by molar-refractivity contribution is -0.149. The first-order valence-corrected chi connectivity index (χ1v) is 6.93. The van der Waals surface area contributed by atoms with Gasteiger partial charge in [0.2, 0.25) is 5.91 Å². The number of rotatable bonds is 2. The summed E-state index contributed by atoms with van der Waals surface area (Å²) in [5.41, 5.74) is 0.875. The molecule has 5 nitrogen and oxygen atoms in total. The number of para-hydroxylation sites is 1. The standard InChI is InChI=1S/C15H17NO4/c17-14(16-8-3-5-12(16)15(18)19)11-7-9-20-13-6-2-1-4-10(11)13/h1-2,4,6,11-12H,3,5,7-9H2,(H,18,19). The Hall–Kier alpha value is -2.04. The van der Waals surface area contributed by atoms with Gasteiger partial charge in [-0.2, -0.15) is 0 Å². The summed E-state index contributed by atoms with van der Waals surface area (Å²) in [5.74, 6) is -0.523. The van der Waals surface area contributed by atoms with E-state index in [2.05, 4.69) is 0 Å². The first kappa shape index (κ1) is 13.0. The molecule has 1 saturated heterocycles. The van der Waals surface area contributed by atoms with Gasteiger partial charge in [0.15, 0.2) is 0 Å². The minimum atomic E-state index is -0.906. The van der Waals surface area contributed by atoms with Gasteiger partial charge in [0.25, 0.3) is 0 Å². The Labute approximate surface area is 117 Å². The fourth-order valence-corrected chi connectivity index (χ4v) is 3.09. The first-order chi connectivity index (χ1) is 9.68. The van der Waals surface area contributed by atoms with Gasteiger partial charge >= 0.3 is 5.97 Å². The zero-order chi connectivity index (χ0) is 14.1. The number of carbonyl (C=O) groups excluding carboxylic acids is 1. The van der Waals surface area contributed by atoms with E-state index in [4.69, 9.17) is 4.74 Å². The molecule has 2 heterocycles. The van der Waals surface area contributed by atoms with Crippen LogP contribution >= 0.6 is 0 Å². The van der Waals surface area contributed by atoms with Gasteiger partial charge in [0.05, 0.1) is 12.5 Å². The molecule has 1 aromatic carbocycles. The van der Waals surface area contributed by atoms with Crippen molar-refractivity contribution in [1.29, 1.82) is 0 Å². The van der Waals surface area contributed by atoms with Gasteiger partial charge in [-0.15, -0.1) is 0 Å². The summed E-state index contributed by atoms with van der Waals surface area (Å²) in [7, 11) is 0. The Morgan fingerprint density at radius 3 is 2.85 bits per heavy atom. The third-order valence-corrected chi connectivity index (χ3v) is 4.08. The highest BCUT2D eigenvalue weighted by atomic mass is 16.5. The summed E-state index contributed by atoms with van der Waals surface area (Å²) in [6.45, 7) is 1.04. The van der Waals surface area contributed by atoms with Crippen LogP contribution in [0, 0.1) is 0 Å². The molecule has 0 saturated carbocycles. The number of carbonyl (C=O) groups is 2. The minimum Gasteiger partial charge on any atom is -0.493 e. The van der Waals surface area contributed by atoms with Crippen LogP contribution in [0.25, 0.3) is 0 Å². The molecule has 5 heteroatoms. The van der Waals surface area contributed by atoms with Crippen molar-refractivity contribution < 1.29 is 19.4 Å². The Morgan fingerprint density at radius 1 is 1.25 bits per heavy atom. The number of benzene rings is 1. The van der Waals surface area contributed by atoms with E-state index in [1.165, 1.54) is 4.90 Å². The average Bonchev–Trinajstić information content (AvgIpc) is 2.95. The second-order valence-electron chi connectivity index (χ2n) is 5.26. The van der Waals surface area contributed by atoms with Gasteiger partial charge in [0.1, 0.15) is 11.8 Å². The maximum absolute atomic E-state index is 12.7. The van der Waals surface area contributed by atoms with Crippen LogP contribution in [0.15, 0.2) is 24.3 Å². The monoisotopic (exact) mass is 275 g/mol. The molecule has 0 aromatic heterocycles. The quantitative estimate of drug-likeness (QED) is 0.890. The molecule has 1 N–H and O–H groups in total. The Bertz CT molecular complexity index is 542. The second-order valence-corrected chi connectivity index (χ2v) is 5.26. The van der Waals surface area contributed by atoms with Crippen molar-refractivity contribution in [2.45, 2.75) is 31.2 Å². The lowest BCUT2D eigenvalue weighted by Crippen LogP contribution is -2.43. The fourth-order valence-electron chi connectivity index (χ4n) is 3.09. The number of hydrogen-bond acceptors (Lipinski definition) is 3. The Morgan fingerprint density at radius 2 is 2.05 bits per heavy atom. The van der Waals surface area contributed by atoms with E-state index in [1.807, 2.05) is 24.3 Å². The van der Waals surface area contributed by atoms with Gasteiger partial charge in [-0.3, -0.25) is 4.79 Å². The summed E-state index contributed by atoms with van der Waals surface area (Å²) < 4.78 is 5.55. The lowest BCUT2D eigenvalue weighted by atomic mass is 9.91. The van der Waals surface area contributed by atoms with Gasteiger partial charge in [-0.25, -0.2) is 4.79 Å². The molecule has 0 aliphatic carbocycles. The molecular weight excluding hydrogens is 258 g/mol. The molecule has 0 radical (unpaired) electrons. The Kier molecular flexibility index (Phi) is 3.34. The molecule has 3 rings (SSSR count). The highest BCUT2D eigenvalue weighted by molar-refractivity contribution is 5.89. The van der Waals surface area contributed by atoms with E-state index < -0.39 is 12.0 Å². The lowest BCUT2D eigenvalue weighted by Gasteiger charge is -2.30. The van der Waals surface area contributed by atoms with Crippen LogP contribution < -0.4 is 4.74 Å². The van der Waals surface area contributed by atoms with Crippen LogP contribution in [0.4, 0.5) is 0 Å². The molecule has 1 amide bonds. The minimum absolute atomic E-state index is 0.0781. The van der Waals surface area contributed by atoms with Gasteiger partial charge in [-0.05, 0) is 25.3 Å².